The highest BCUT2D eigenvalue weighted by Gasteiger charge is 2.34. The van der Waals surface area contributed by atoms with Crippen molar-refractivity contribution in [3.05, 3.63) is 11.9 Å². The molecule has 17 heavy (non-hydrogen) atoms. The normalized spacial score (nSPS) is 28.3. The summed E-state index contributed by atoms with van der Waals surface area (Å²) in [5.74, 6) is -0.161. The number of esters is 1. The van der Waals surface area contributed by atoms with Crippen molar-refractivity contribution in [1.82, 2.24) is 15.0 Å². The molecular weight excluding hydrogens is 337 g/mol. The minimum atomic E-state index is -0.474. The van der Waals surface area contributed by atoms with Crippen molar-refractivity contribution in [3.8, 4) is 0 Å². The van der Waals surface area contributed by atoms with Crippen molar-refractivity contribution in [2.24, 2.45) is 5.92 Å². The van der Waals surface area contributed by atoms with Crippen molar-refractivity contribution in [3.63, 3.8) is 0 Å². The van der Waals surface area contributed by atoms with Gasteiger partial charge in [-0.2, -0.15) is 0 Å². The van der Waals surface area contributed by atoms with E-state index < -0.39 is 5.97 Å². The molecule has 1 N–H and O–H groups in total. The molecular formula is C10H14IN3O3. The fraction of sp³-hybridized carbons (Fsp3) is 0.700. The van der Waals surface area contributed by atoms with Gasteiger partial charge in [-0.1, -0.05) is 27.8 Å². The second-order valence-electron chi connectivity index (χ2n) is 4.18. The summed E-state index contributed by atoms with van der Waals surface area (Å²) in [6.45, 7) is 0.203. The number of aromatic nitrogens is 3. The molecule has 0 amide bonds. The van der Waals surface area contributed by atoms with E-state index in [9.17, 15) is 4.79 Å². The molecule has 1 saturated carbocycles. The Balaban J connectivity index is 2.12. The van der Waals surface area contributed by atoms with Crippen LogP contribution >= 0.6 is 22.6 Å². The van der Waals surface area contributed by atoms with Crippen molar-refractivity contribution < 1.29 is 14.6 Å². The van der Waals surface area contributed by atoms with Crippen molar-refractivity contribution in [2.75, 3.05) is 13.7 Å². The van der Waals surface area contributed by atoms with Crippen LogP contribution in [0, 0.1) is 5.92 Å². The van der Waals surface area contributed by atoms with Gasteiger partial charge in [0.1, 0.15) is 0 Å². The van der Waals surface area contributed by atoms with Crippen LogP contribution in [0.5, 0.6) is 0 Å². The molecule has 1 fully saturated rings. The number of halogens is 1. The van der Waals surface area contributed by atoms with Crippen LogP contribution in [0.4, 0.5) is 0 Å². The molecule has 7 heteroatoms. The molecule has 94 valence electrons. The highest BCUT2D eigenvalue weighted by atomic mass is 127. The van der Waals surface area contributed by atoms with Gasteiger partial charge in [-0.3, -0.25) is 0 Å². The number of alkyl halides is 1. The lowest BCUT2D eigenvalue weighted by Crippen LogP contribution is -2.14. The Hall–Kier alpha value is -0.700. The first-order valence-corrected chi connectivity index (χ1v) is 6.65. The van der Waals surface area contributed by atoms with E-state index in [-0.39, 0.29) is 18.3 Å². The molecule has 1 aliphatic rings. The topological polar surface area (TPSA) is 77.2 Å². The zero-order chi connectivity index (χ0) is 12.4. The van der Waals surface area contributed by atoms with Gasteiger partial charge in [0.15, 0.2) is 5.69 Å². The lowest BCUT2D eigenvalue weighted by Gasteiger charge is -2.12. The summed E-state index contributed by atoms with van der Waals surface area (Å²) >= 11 is 2.36. The van der Waals surface area contributed by atoms with Crippen LogP contribution in [-0.4, -0.2) is 43.7 Å². The standard InChI is InChI=1S/C10H14IN3O3/c1-17-10(16)8-4-14(13-12-8)9-3-6(5-15)2-7(9)11/h4,6-7,9,15H,2-3,5H2,1H3/t6-,7-,9-/m1/s1. The highest BCUT2D eigenvalue weighted by Crippen LogP contribution is 2.39. The minimum absolute atomic E-state index is 0.193. The van der Waals surface area contributed by atoms with Crippen LogP contribution in [0.3, 0.4) is 0 Å². The van der Waals surface area contributed by atoms with Gasteiger partial charge in [-0.15, -0.1) is 5.10 Å². The Morgan fingerprint density at radius 3 is 3.06 bits per heavy atom. The molecule has 3 atom stereocenters. The van der Waals surface area contributed by atoms with E-state index in [4.69, 9.17) is 5.11 Å². The monoisotopic (exact) mass is 351 g/mol. The van der Waals surface area contributed by atoms with E-state index in [1.165, 1.54) is 7.11 Å². The summed E-state index contributed by atoms with van der Waals surface area (Å²) in [5.41, 5.74) is 0.226. The number of hydrogen-bond donors (Lipinski definition) is 1. The fourth-order valence-corrected chi connectivity index (χ4v) is 3.46. The Bertz CT molecular complexity index is 409. The van der Waals surface area contributed by atoms with Gasteiger partial charge < -0.3 is 9.84 Å². The second kappa shape index (κ2) is 5.30. The zero-order valence-corrected chi connectivity index (χ0v) is 11.6. The van der Waals surface area contributed by atoms with Gasteiger partial charge in [0.25, 0.3) is 0 Å². The van der Waals surface area contributed by atoms with Gasteiger partial charge >= 0.3 is 5.97 Å². The Kier molecular flexibility index (Phi) is 3.97. The van der Waals surface area contributed by atoms with Crippen LogP contribution in [0.15, 0.2) is 6.20 Å². The molecule has 0 spiro atoms. The van der Waals surface area contributed by atoms with Crippen LogP contribution in [-0.2, 0) is 4.74 Å². The van der Waals surface area contributed by atoms with E-state index in [2.05, 4.69) is 37.6 Å². The third-order valence-electron chi connectivity index (χ3n) is 3.05. The van der Waals surface area contributed by atoms with Crippen LogP contribution in [0.2, 0.25) is 0 Å². The summed E-state index contributed by atoms with van der Waals surface area (Å²) in [6, 6.07) is 0.193. The summed E-state index contributed by atoms with van der Waals surface area (Å²) in [4.78, 5) is 11.3. The molecule has 0 aliphatic heterocycles. The number of carbonyl (C=O) groups is 1. The minimum Gasteiger partial charge on any atom is -0.464 e. The summed E-state index contributed by atoms with van der Waals surface area (Å²) in [5, 5.41) is 16.9. The lowest BCUT2D eigenvalue weighted by atomic mass is 10.1. The molecule has 1 aromatic rings. The first kappa shape index (κ1) is 12.7. The molecule has 1 aliphatic carbocycles. The third-order valence-corrected chi connectivity index (χ3v) is 4.39. The van der Waals surface area contributed by atoms with Crippen molar-refractivity contribution in [2.45, 2.75) is 22.8 Å². The number of aliphatic hydroxyl groups excluding tert-OH is 1. The second-order valence-corrected chi connectivity index (χ2v) is 5.78. The Labute approximate surface area is 112 Å². The first-order valence-electron chi connectivity index (χ1n) is 5.40. The smallest absolute Gasteiger partial charge is 0.360 e. The van der Waals surface area contributed by atoms with Crippen LogP contribution in [0.1, 0.15) is 29.4 Å². The van der Waals surface area contributed by atoms with Gasteiger partial charge in [0.2, 0.25) is 0 Å². The number of carbonyl (C=O) groups excluding carboxylic acids is 1. The molecule has 6 nitrogen and oxygen atoms in total. The number of hydrogen-bond acceptors (Lipinski definition) is 5. The van der Waals surface area contributed by atoms with Gasteiger partial charge in [-0.05, 0) is 18.8 Å². The molecule has 1 aromatic heterocycles. The number of aliphatic hydroxyl groups is 1. The van der Waals surface area contributed by atoms with E-state index in [0.29, 0.717) is 9.84 Å². The lowest BCUT2D eigenvalue weighted by molar-refractivity contribution is 0.0594. The maximum absolute atomic E-state index is 11.3. The maximum Gasteiger partial charge on any atom is 0.360 e. The number of ether oxygens (including phenoxy) is 1. The first-order chi connectivity index (χ1) is 8.15. The van der Waals surface area contributed by atoms with Crippen molar-refractivity contribution >= 4 is 28.6 Å². The molecule has 0 saturated heterocycles. The number of rotatable bonds is 3. The molecule has 2 rings (SSSR count). The molecule has 1 heterocycles. The molecule has 0 bridgehead atoms. The largest absolute Gasteiger partial charge is 0.464 e. The van der Waals surface area contributed by atoms with E-state index in [0.717, 1.165) is 12.8 Å². The van der Waals surface area contributed by atoms with Crippen LogP contribution in [0.25, 0.3) is 0 Å². The Morgan fingerprint density at radius 1 is 1.71 bits per heavy atom. The third kappa shape index (κ3) is 2.59. The van der Waals surface area contributed by atoms with Crippen molar-refractivity contribution in [1.29, 1.82) is 0 Å². The average molecular weight is 351 g/mol. The summed E-state index contributed by atoms with van der Waals surface area (Å²) < 4.78 is 6.69. The summed E-state index contributed by atoms with van der Waals surface area (Å²) in [7, 11) is 1.32. The Morgan fingerprint density at radius 2 is 2.47 bits per heavy atom. The van der Waals surface area contributed by atoms with Gasteiger partial charge in [0.05, 0.1) is 19.3 Å². The molecule has 0 radical (unpaired) electrons. The quantitative estimate of drug-likeness (QED) is 0.496. The highest BCUT2D eigenvalue weighted by molar-refractivity contribution is 14.1. The van der Waals surface area contributed by atoms with Gasteiger partial charge in [0, 0.05) is 10.5 Å². The predicted molar refractivity (Wildman–Crippen MR) is 68.0 cm³/mol. The maximum atomic E-state index is 11.3. The van der Waals surface area contributed by atoms with E-state index >= 15 is 0 Å². The van der Waals surface area contributed by atoms with E-state index in [1.54, 1.807) is 10.9 Å². The SMILES string of the molecule is COC(=O)c1cn([C@@H]2C[C@H](CO)C[C@H]2I)nn1. The predicted octanol–water partition coefficient (Wildman–Crippen LogP) is 0.812. The number of nitrogens with zero attached hydrogens (tertiary/aromatic N) is 3. The van der Waals surface area contributed by atoms with E-state index in [1.807, 2.05) is 0 Å². The fourth-order valence-electron chi connectivity index (χ4n) is 2.12. The molecule has 0 aromatic carbocycles. The van der Waals surface area contributed by atoms with Crippen LogP contribution < -0.4 is 0 Å². The number of methoxy groups -OCH3 is 1. The zero-order valence-electron chi connectivity index (χ0n) is 9.41. The molecule has 0 unspecified atom stereocenters. The van der Waals surface area contributed by atoms with Gasteiger partial charge in [-0.25, -0.2) is 9.48 Å². The average Bonchev–Trinajstić information content (AvgIpc) is 2.94. The summed E-state index contributed by atoms with van der Waals surface area (Å²) in [6.07, 6.45) is 3.45.